The van der Waals surface area contributed by atoms with Crippen molar-refractivity contribution in [3.63, 3.8) is 0 Å². The molecule has 1 saturated heterocycles. The molecule has 1 unspecified atom stereocenters. The van der Waals surface area contributed by atoms with Crippen LogP contribution in [0.25, 0.3) is 11.0 Å². The van der Waals surface area contributed by atoms with Gasteiger partial charge in [0.1, 0.15) is 0 Å². The van der Waals surface area contributed by atoms with Crippen LogP contribution < -0.4 is 10.5 Å². The maximum atomic E-state index is 13.0. The molecule has 0 bridgehead atoms. The molecule has 0 amide bonds. The van der Waals surface area contributed by atoms with E-state index in [0.717, 1.165) is 37.1 Å². The van der Waals surface area contributed by atoms with Gasteiger partial charge in [0.25, 0.3) is 5.56 Å². The van der Waals surface area contributed by atoms with Gasteiger partial charge in [0.2, 0.25) is 5.95 Å². The average molecular weight is 409 g/mol. The van der Waals surface area contributed by atoms with Crippen LogP contribution in [0.15, 0.2) is 35.3 Å². The third kappa shape index (κ3) is 3.31. The molecule has 1 atom stereocenters. The van der Waals surface area contributed by atoms with Gasteiger partial charge in [-0.25, -0.2) is 4.98 Å². The fraction of sp³-hybridized carbons (Fsp3) is 0.364. The number of aromatic nitrogens is 3. The van der Waals surface area contributed by atoms with Crippen LogP contribution in [0.4, 0.5) is 5.95 Å². The molecule has 7 heteroatoms. The lowest BCUT2D eigenvalue weighted by Gasteiger charge is -2.28. The average Bonchev–Trinajstić information content (AvgIpc) is 2.74. The van der Waals surface area contributed by atoms with E-state index in [0.29, 0.717) is 40.4 Å². The summed E-state index contributed by atoms with van der Waals surface area (Å²) in [6, 6.07) is 7.57. The third-order valence-electron chi connectivity index (χ3n) is 6.01. The fourth-order valence-electron chi connectivity index (χ4n) is 4.48. The maximum absolute atomic E-state index is 13.0. The van der Waals surface area contributed by atoms with Gasteiger partial charge in [-0.2, -0.15) is 4.98 Å². The summed E-state index contributed by atoms with van der Waals surface area (Å²) in [6.45, 7) is 1.77. The van der Waals surface area contributed by atoms with Crippen molar-refractivity contribution in [3.8, 4) is 0 Å². The van der Waals surface area contributed by atoms with Crippen molar-refractivity contribution in [1.82, 2.24) is 15.0 Å². The minimum atomic E-state index is -0.218. The summed E-state index contributed by atoms with van der Waals surface area (Å²) in [7, 11) is 0. The number of carbonyl (C=O) groups is 1. The van der Waals surface area contributed by atoms with E-state index in [4.69, 9.17) is 11.6 Å². The van der Waals surface area contributed by atoms with E-state index in [2.05, 4.69) is 19.9 Å². The monoisotopic (exact) mass is 408 g/mol. The van der Waals surface area contributed by atoms with E-state index in [9.17, 15) is 9.59 Å². The number of aromatic amines is 1. The Bertz CT molecular complexity index is 1150. The van der Waals surface area contributed by atoms with Crippen molar-refractivity contribution >= 4 is 34.4 Å². The molecule has 148 valence electrons. The number of nitrogens with zero attached hydrogens (tertiary/aromatic N) is 3. The van der Waals surface area contributed by atoms with Crippen LogP contribution >= 0.6 is 11.6 Å². The number of carbonyl (C=O) groups excluding carboxylic acids is 1. The first-order chi connectivity index (χ1) is 14.1. The molecule has 29 heavy (non-hydrogen) atoms. The van der Waals surface area contributed by atoms with Crippen LogP contribution in [0.3, 0.4) is 0 Å². The van der Waals surface area contributed by atoms with E-state index in [1.807, 2.05) is 24.3 Å². The Kier molecular flexibility index (Phi) is 4.59. The molecule has 1 aromatic carbocycles. The summed E-state index contributed by atoms with van der Waals surface area (Å²) in [5.41, 5.74) is 2.54. The minimum absolute atomic E-state index is 0.0130. The summed E-state index contributed by atoms with van der Waals surface area (Å²) in [5.74, 6) is 0.602. The van der Waals surface area contributed by atoms with Crippen molar-refractivity contribution in [2.75, 3.05) is 18.0 Å². The minimum Gasteiger partial charge on any atom is -0.342 e. The fourth-order valence-corrected chi connectivity index (χ4v) is 4.61. The standard InChI is InChI=1S/C22H21ClN4O2/c23-15-6-4-13(5-7-15)14-10-16-17(18(28)11-14)12-24-20-19(16)21(29)26-22(25-20)27-8-2-1-3-9-27/h4-7,12,14H,1-3,8-11H2,(H,24,25,26,29). The molecule has 5 rings (SSSR count). The number of rotatable bonds is 2. The van der Waals surface area contributed by atoms with E-state index in [-0.39, 0.29) is 17.3 Å². The lowest BCUT2D eigenvalue weighted by atomic mass is 9.79. The van der Waals surface area contributed by atoms with Crippen LogP contribution in [0.2, 0.25) is 5.02 Å². The number of pyridine rings is 1. The molecular weight excluding hydrogens is 388 g/mol. The molecule has 3 aromatic rings. The highest BCUT2D eigenvalue weighted by Gasteiger charge is 2.30. The quantitative estimate of drug-likeness (QED) is 0.696. The zero-order chi connectivity index (χ0) is 20.0. The Morgan fingerprint density at radius 3 is 2.55 bits per heavy atom. The summed E-state index contributed by atoms with van der Waals surface area (Å²) in [5, 5.41) is 1.10. The largest absolute Gasteiger partial charge is 0.342 e. The molecule has 3 heterocycles. The molecular formula is C22H21ClN4O2. The number of Topliss-reactive ketones (excluding diaryl/α,β-unsaturated/α-hetero) is 1. The maximum Gasteiger partial charge on any atom is 0.262 e. The van der Waals surface area contributed by atoms with Crippen LogP contribution in [0.5, 0.6) is 0 Å². The van der Waals surface area contributed by atoms with E-state index in [1.54, 1.807) is 6.20 Å². The molecule has 0 radical (unpaired) electrons. The zero-order valence-electron chi connectivity index (χ0n) is 15.9. The van der Waals surface area contributed by atoms with Crippen molar-refractivity contribution < 1.29 is 4.79 Å². The van der Waals surface area contributed by atoms with Gasteiger partial charge in [-0.3, -0.25) is 14.6 Å². The van der Waals surface area contributed by atoms with Crippen molar-refractivity contribution in [1.29, 1.82) is 0 Å². The Morgan fingerprint density at radius 1 is 1.03 bits per heavy atom. The number of ketones is 1. The van der Waals surface area contributed by atoms with E-state index < -0.39 is 0 Å². The predicted octanol–water partition coefficient (Wildman–Crippen LogP) is 3.87. The Balaban J connectivity index is 1.59. The highest BCUT2D eigenvalue weighted by Crippen LogP contribution is 2.35. The molecule has 6 nitrogen and oxygen atoms in total. The number of halogens is 1. The molecule has 2 aliphatic rings. The SMILES string of the molecule is O=C1CC(c2ccc(Cl)cc2)Cc2c1cnc1nc(N3CCCCC3)[nH]c(=O)c21. The van der Waals surface area contributed by atoms with Crippen molar-refractivity contribution in [3.05, 3.63) is 62.5 Å². The molecule has 1 N–H and O–H groups in total. The summed E-state index contributed by atoms with van der Waals surface area (Å²) in [6.07, 6.45) is 5.99. The second-order valence-electron chi connectivity index (χ2n) is 7.87. The Morgan fingerprint density at radius 2 is 1.79 bits per heavy atom. The Labute approximate surface area is 172 Å². The second-order valence-corrected chi connectivity index (χ2v) is 8.30. The van der Waals surface area contributed by atoms with Gasteiger partial charge in [0.05, 0.1) is 5.39 Å². The van der Waals surface area contributed by atoms with Crippen molar-refractivity contribution in [2.24, 2.45) is 0 Å². The Hall–Kier alpha value is -2.73. The van der Waals surface area contributed by atoms with Crippen LogP contribution in [-0.2, 0) is 6.42 Å². The number of piperidine rings is 1. The summed E-state index contributed by atoms with van der Waals surface area (Å²) < 4.78 is 0. The first-order valence-corrected chi connectivity index (χ1v) is 10.4. The number of fused-ring (bicyclic) bond motifs is 3. The molecule has 1 aliphatic heterocycles. The number of hydrogen-bond acceptors (Lipinski definition) is 5. The van der Waals surface area contributed by atoms with Gasteiger partial charge in [-0.15, -0.1) is 0 Å². The van der Waals surface area contributed by atoms with Gasteiger partial charge in [-0.05, 0) is 54.9 Å². The first-order valence-electron chi connectivity index (χ1n) is 10.1. The van der Waals surface area contributed by atoms with Crippen molar-refractivity contribution in [2.45, 2.75) is 38.0 Å². The van der Waals surface area contributed by atoms with E-state index >= 15 is 0 Å². The number of hydrogen-bond donors (Lipinski definition) is 1. The van der Waals surface area contributed by atoms with Crippen LogP contribution in [-0.4, -0.2) is 33.8 Å². The highest BCUT2D eigenvalue weighted by molar-refractivity contribution is 6.30. The summed E-state index contributed by atoms with van der Waals surface area (Å²) in [4.78, 5) is 39.9. The smallest absolute Gasteiger partial charge is 0.262 e. The number of nitrogens with one attached hydrogen (secondary N) is 1. The first kappa shape index (κ1) is 18.3. The van der Waals surface area contributed by atoms with Crippen LogP contribution in [0.1, 0.15) is 53.1 Å². The van der Waals surface area contributed by atoms with Gasteiger partial charge in [-0.1, -0.05) is 23.7 Å². The predicted molar refractivity (Wildman–Crippen MR) is 113 cm³/mol. The van der Waals surface area contributed by atoms with Gasteiger partial charge in [0, 0.05) is 36.3 Å². The number of benzene rings is 1. The topological polar surface area (TPSA) is 79.0 Å². The van der Waals surface area contributed by atoms with Gasteiger partial charge in [0.15, 0.2) is 11.4 Å². The molecule has 2 aromatic heterocycles. The molecule has 0 spiro atoms. The highest BCUT2D eigenvalue weighted by atomic mass is 35.5. The normalized spacial score (nSPS) is 19.4. The zero-order valence-corrected chi connectivity index (χ0v) is 16.7. The molecule has 0 saturated carbocycles. The third-order valence-corrected chi connectivity index (χ3v) is 6.26. The molecule has 1 fully saturated rings. The second kappa shape index (κ2) is 7.26. The van der Waals surface area contributed by atoms with E-state index in [1.165, 1.54) is 6.42 Å². The molecule has 1 aliphatic carbocycles. The number of anilines is 1. The summed E-state index contributed by atoms with van der Waals surface area (Å²) >= 11 is 6.01. The van der Waals surface area contributed by atoms with Gasteiger partial charge >= 0.3 is 0 Å². The lowest BCUT2D eigenvalue weighted by molar-refractivity contribution is 0.0964. The lowest BCUT2D eigenvalue weighted by Crippen LogP contribution is -2.33. The van der Waals surface area contributed by atoms with Gasteiger partial charge < -0.3 is 4.90 Å². The number of H-pyrrole nitrogens is 1. The van der Waals surface area contributed by atoms with Crippen LogP contribution in [0, 0.1) is 0 Å².